The van der Waals surface area contributed by atoms with Crippen molar-refractivity contribution in [2.24, 2.45) is 4.99 Å². The number of nitrogens with zero attached hydrogens (tertiary/aromatic N) is 1. The van der Waals surface area contributed by atoms with Crippen molar-refractivity contribution in [2.45, 2.75) is 12.8 Å². The van der Waals surface area contributed by atoms with Gasteiger partial charge in [0.1, 0.15) is 7.85 Å². The molecule has 2 nitrogen and oxygen atoms in total. The third-order valence-electron chi connectivity index (χ3n) is 1.18. The van der Waals surface area contributed by atoms with E-state index in [1.807, 2.05) is 0 Å². The van der Waals surface area contributed by atoms with Gasteiger partial charge in [-0.25, -0.2) is 4.79 Å². The molecule has 0 amide bonds. The number of hydrogen-bond donors (Lipinski definition) is 0. The number of rotatable bonds is 1. The summed E-state index contributed by atoms with van der Waals surface area (Å²) in [5.41, 5.74) is 1.44. The Hall–Kier alpha value is -0.815. The van der Waals surface area contributed by atoms with Crippen molar-refractivity contribution >= 4 is 13.9 Å². The maximum absolute atomic E-state index is 9.57. The summed E-state index contributed by atoms with van der Waals surface area (Å²) in [6, 6.07) is 0. The van der Waals surface area contributed by atoms with Gasteiger partial charge in [0.2, 0.25) is 6.08 Å². The van der Waals surface area contributed by atoms with Gasteiger partial charge in [-0.1, -0.05) is 5.47 Å². The van der Waals surface area contributed by atoms with Crippen molar-refractivity contribution in [2.75, 3.05) is 0 Å². The lowest BCUT2D eigenvalue weighted by Gasteiger charge is -2.14. The Morgan fingerprint density at radius 1 is 1.62 bits per heavy atom. The number of isocyanates is 1. The monoisotopic (exact) mass is 105 g/mol. The van der Waals surface area contributed by atoms with E-state index in [-0.39, 0.29) is 0 Å². The zero-order chi connectivity index (χ0) is 5.98. The van der Waals surface area contributed by atoms with E-state index in [1.54, 1.807) is 0 Å². The Morgan fingerprint density at radius 3 is 2.50 bits per heavy atom. The molecule has 0 fully saturated rings. The molecular formula is C5H4BNO. The SMILES string of the molecule is [B]C1=C(N=C=O)CC1. The second-order valence-corrected chi connectivity index (χ2v) is 1.68. The first-order valence-electron chi connectivity index (χ1n) is 2.40. The molecule has 0 N–H and O–H groups in total. The largest absolute Gasteiger partial charge is 0.240 e. The molecule has 2 radical (unpaired) electrons. The summed E-state index contributed by atoms with van der Waals surface area (Å²) >= 11 is 0. The average Bonchev–Trinajstić information content (AvgIpc) is 1.79. The number of allylic oxidation sites excluding steroid dienone is 2. The Labute approximate surface area is 48.7 Å². The minimum absolute atomic E-state index is 0.708. The molecule has 38 valence electrons. The first-order valence-corrected chi connectivity index (χ1v) is 2.40. The van der Waals surface area contributed by atoms with Gasteiger partial charge in [-0.3, -0.25) is 0 Å². The lowest BCUT2D eigenvalue weighted by molar-refractivity contribution is 0.563. The predicted octanol–water partition coefficient (Wildman–Crippen LogP) is 0.496. The Kier molecular flexibility index (Phi) is 1.31. The molecule has 0 heterocycles. The summed E-state index contributed by atoms with van der Waals surface area (Å²) in [6.07, 6.45) is 3.15. The molecule has 1 rings (SSSR count). The maximum atomic E-state index is 9.57. The molecule has 0 saturated heterocycles. The van der Waals surface area contributed by atoms with Crippen molar-refractivity contribution < 1.29 is 4.79 Å². The number of hydrogen-bond acceptors (Lipinski definition) is 2. The van der Waals surface area contributed by atoms with E-state index in [0.717, 1.165) is 18.3 Å². The minimum atomic E-state index is 0.708. The Morgan fingerprint density at radius 2 is 2.38 bits per heavy atom. The zero-order valence-corrected chi connectivity index (χ0v) is 4.35. The fourth-order valence-corrected chi connectivity index (χ4v) is 0.564. The van der Waals surface area contributed by atoms with Crippen LogP contribution in [0.2, 0.25) is 0 Å². The summed E-state index contributed by atoms with van der Waals surface area (Å²) in [6.45, 7) is 0. The van der Waals surface area contributed by atoms with Crippen molar-refractivity contribution in [3.05, 3.63) is 11.2 Å². The molecule has 0 aromatic heterocycles. The summed E-state index contributed by atoms with van der Waals surface area (Å²) < 4.78 is 0. The summed E-state index contributed by atoms with van der Waals surface area (Å²) in [5, 5.41) is 0. The maximum Gasteiger partial charge on any atom is 0.240 e. The normalized spacial score (nSPS) is 17.0. The van der Waals surface area contributed by atoms with Gasteiger partial charge >= 0.3 is 0 Å². The van der Waals surface area contributed by atoms with Crippen LogP contribution in [0.25, 0.3) is 0 Å². The van der Waals surface area contributed by atoms with Crippen molar-refractivity contribution in [3.8, 4) is 0 Å². The molecule has 0 aromatic carbocycles. The van der Waals surface area contributed by atoms with Gasteiger partial charge in [0.15, 0.2) is 0 Å². The van der Waals surface area contributed by atoms with Crippen LogP contribution in [0.15, 0.2) is 16.2 Å². The highest BCUT2D eigenvalue weighted by Crippen LogP contribution is 2.24. The molecule has 3 heteroatoms. The molecular weight excluding hydrogens is 101 g/mol. The highest BCUT2D eigenvalue weighted by Gasteiger charge is 2.09. The molecule has 0 bridgehead atoms. The number of carbonyl (C=O) groups excluding carboxylic acids is 1. The van der Waals surface area contributed by atoms with E-state index < -0.39 is 0 Å². The molecule has 0 saturated carbocycles. The fraction of sp³-hybridized carbons (Fsp3) is 0.400. The van der Waals surface area contributed by atoms with Gasteiger partial charge in [0.25, 0.3) is 0 Å². The van der Waals surface area contributed by atoms with Crippen LogP contribution in [0.3, 0.4) is 0 Å². The third kappa shape index (κ3) is 0.726. The molecule has 0 aliphatic heterocycles. The van der Waals surface area contributed by atoms with Crippen LogP contribution in [0, 0.1) is 0 Å². The molecule has 1 aliphatic rings. The van der Waals surface area contributed by atoms with E-state index in [0.29, 0.717) is 5.70 Å². The van der Waals surface area contributed by atoms with Crippen LogP contribution >= 0.6 is 0 Å². The van der Waals surface area contributed by atoms with E-state index in [9.17, 15) is 4.79 Å². The van der Waals surface area contributed by atoms with Crippen LogP contribution in [0.4, 0.5) is 0 Å². The molecule has 0 atom stereocenters. The predicted molar refractivity (Wildman–Crippen MR) is 30.1 cm³/mol. The van der Waals surface area contributed by atoms with Crippen molar-refractivity contribution in [1.82, 2.24) is 0 Å². The quantitative estimate of drug-likeness (QED) is 0.271. The van der Waals surface area contributed by atoms with E-state index in [2.05, 4.69) is 4.99 Å². The summed E-state index contributed by atoms with van der Waals surface area (Å²) in [7, 11) is 5.32. The standard InChI is InChI=1S/C5H4BNO/c6-4-1-2-5(4)7-3-8/h1-2H2. The Bertz CT molecular complexity index is 179. The second kappa shape index (κ2) is 1.97. The van der Waals surface area contributed by atoms with Crippen LogP contribution in [0.1, 0.15) is 12.8 Å². The first kappa shape index (κ1) is 5.32. The second-order valence-electron chi connectivity index (χ2n) is 1.68. The van der Waals surface area contributed by atoms with Gasteiger partial charge in [0, 0.05) is 5.70 Å². The van der Waals surface area contributed by atoms with E-state index in [1.165, 1.54) is 6.08 Å². The van der Waals surface area contributed by atoms with Crippen LogP contribution in [-0.2, 0) is 4.79 Å². The lowest BCUT2D eigenvalue weighted by atomic mass is 9.80. The molecule has 0 unspecified atom stereocenters. The van der Waals surface area contributed by atoms with Gasteiger partial charge in [-0.15, -0.1) is 0 Å². The molecule has 0 spiro atoms. The van der Waals surface area contributed by atoms with Crippen LogP contribution in [-0.4, -0.2) is 13.9 Å². The summed E-state index contributed by atoms with van der Waals surface area (Å²) in [5.74, 6) is 0. The fourth-order valence-electron chi connectivity index (χ4n) is 0.564. The minimum Gasteiger partial charge on any atom is -0.211 e. The summed E-state index contributed by atoms with van der Waals surface area (Å²) in [4.78, 5) is 12.9. The van der Waals surface area contributed by atoms with Gasteiger partial charge in [0.05, 0.1) is 0 Å². The molecule has 1 aliphatic carbocycles. The smallest absolute Gasteiger partial charge is 0.211 e. The first-order chi connectivity index (χ1) is 3.84. The topological polar surface area (TPSA) is 29.4 Å². The third-order valence-corrected chi connectivity index (χ3v) is 1.18. The van der Waals surface area contributed by atoms with E-state index in [4.69, 9.17) is 7.85 Å². The Balaban J connectivity index is 2.73. The van der Waals surface area contributed by atoms with Crippen LogP contribution in [0.5, 0.6) is 0 Å². The van der Waals surface area contributed by atoms with Crippen molar-refractivity contribution in [3.63, 3.8) is 0 Å². The van der Waals surface area contributed by atoms with Crippen LogP contribution < -0.4 is 0 Å². The van der Waals surface area contributed by atoms with Crippen molar-refractivity contribution in [1.29, 1.82) is 0 Å². The molecule has 8 heavy (non-hydrogen) atoms. The van der Waals surface area contributed by atoms with E-state index >= 15 is 0 Å². The van der Waals surface area contributed by atoms with Gasteiger partial charge in [-0.05, 0) is 12.8 Å². The average molecular weight is 105 g/mol. The lowest BCUT2D eigenvalue weighted by Crippen LogP contribution is -2.00. The zero-order valence-electron chi connectivity index (χ0n) is 4.35. The highest BCUT2D eigenvalue weighted by molar-refractivity contribution is 6.22. The highest BCUT2D eigenvalue weighted by atomic mass is 16.1. The van der Waals surface area contributed by atoms with Gasteiger partial charge in [-0.2, -0.15) is 4.99 Å². The van der Waals surface area contributed by atoms with Gasteiger partial charge < -0.3 is 0 Å². The molecule has 0 aromatic rings. The number of aliphatic imine (C=N–C) groups is 1.